The Labute approximate surface area is 237 Å². The molecule has 0 aliphatic carbocycles. The van der Waals surface area contributed by atoms with E-state index >= 15 is 0 Å². The van der Waals surface area contributed by atoms with Gasteiger partial charge in [0.2, 0.25) is 0 Å². The van der Waals surface area contributed by atoms with Crippen molar-refractivity contribution in [1.29, 1.82) is 0 Å². The van der Waals surface area contributed by atoms with E-state index in [9.17, 15) is 5.48 Å². The summed E-state index contributed by atoms with van der Waals surface area (Å²) < 4.78 is 37.3. The Morgan fingerprint density at radius 3 is 1.65 bits per heavy atom. The first-order valence-electron chi connectivity index (χ1n) is 15.6. The van der Waals surface area contributed by atoms with Crippen LogP contribution in [0.25, 0.3) is 86.9 Å². The van der Waals surface area contributed by atoms with Gasteiger partial charge in [0.05, 0.1) is 5.48 Å². The molecule has 0 bridgehead atoms. The fourth-order valence-corrected chi connectivity index (χ4v) is 6.56. The highest BCUT2D eigenvalue weighted by Crippen LogP contribution is 2.41. The third kappa shape index (κ3) is 3.08. The summed E-state index contributed by atoms with van der Waals surface area (Å²) >= 11 is 0. The summed E-state index contributed by atoms with van der Waals surface area (Å²) in [7, 11) is 0. The summed E-state index contributed by atoms with van der Waals surface area (Å²) in [6.45, 7) is 0. The Balaban J connectivity index is 1.37. The molecule has 40 heavy (non-hydrogen) atoms. The highest BCUT2D eigenvalue weighted by atomic mass is 14.2. The highest BCUT2D eigenvalue weighted by Gasteiger charge is 2.14. The molecule has 9 aromatic rings. The monoisotopic (exact) mass is 508 g/mol. The topological polar surface area (TPSA) is 0 Å². The van der Waals surface area contributed by atoms with Crippen LogP contribution in [0.5, 0.6) is 0 Å². The van der Waals surface area contributed by atoms with Crippen molar-refractivity contribution in [2.45, 2.75) is 0 Å². The van der Waals surface area contributed by atoms with Crippen molar-refractivity contribution in [3.8, 4) is 22.3 Å². The van der Waals surface area contributed by atoms with E-state index in [2.05, 4.69) is 66.7 Å². The van der Waals surface area contributed by atoms with Gasteiger partial charge < -0.3 is 0 Å². The van der Waals surface area contributed by atoms with Gasteiger partial charge in [0.1, 0.15) is 0 Å². The summed E-state index contributed by atoms with van der Waals surface area (Å²) in [5.74, 6) is 0. The number of hydrogen-bond acceptors (Lipinski definition) is 0. The van der Waals surface area contributed by atoms with Crippen LogP contribution < -0.4 is 0 Å². The SMILES string of the molecule is [2H]c1c([2H])c(-c2cccc3ccc4cc5ccccc5cc4c23)c([2H])c([2H])c1-c1cc2cccc3ccc4cccc1c4c32. The second-order valence-corrected chi connectivity index (χ2v) is 10.6. The van der Waals surface area contributed by atoms with Gasteiger partial charge >= 0.3 is 0 Å². The molecule has 184 valence electrons. The molecular weight excluding hydrogens is 480 g/mol. The molecule has 0 unspecified atom stereocenters. The summed E-state index contributed by atoms with van der Waals surface area (Å²) in [6.07, 6.45) is 0. The Morgan fingerprint density at radius 1 is 0.325 bits per heavy atom. The van der Waals surface area contributed by atoms with Gasteiger partial charge in [-0.25, -0.2) is 0 Å². The van der Waals surface area contributed by atoms with Crippen molar-refractivity contribution in [3.63, 3.8) is 0 Å². The van der Waals surface area contributed by atoms with Crippen LogP contribution in [0.15, 0.2) is 145 Å². The first kappa shape index (κ1) is 18.2. The minimum atomic E-state index is -0.0311. The first-order chi connectivity index (χ1) is 21.5. The van der Waals surface area contributed by atoms with E-state index in [4.69, 9.17) is 0 Å². The quantitative estimate of drug-likeness (QED) is 0.161. The van der Waals surface area contributed by atoms with Gasteiger partial charge in [-0.2, -0.15) is 0 Å². The predicted octanol–water partition coefficient (Wildman–Crippen LogP) is 11.4. The lowest BCUT2D eigenvalue weighted by Gasteiger charge is -2.15. The van der Waals surface area contributed by atoms with E-state index < -0.39 is 0 Å². The van der Waals surface area contributed by atoms with Crippen molar-refractivity contribution < 1.29 is 5.48 Å². The van der Waals surface area contributed by atoms with Crippen LogP contribution >= 0.6 is 0 Å². The van der Waals surface area contributed by atoms with Gasteiger partial charge in [-0.3, -0.25) is 0 Å². The van der Waals surface area contributed by atoms with Crippen molar-refractivity contribution >= 4 is 64.6 Å². The van der Waals surface area contributed by atoms with Crippen molar-refractivity contribution in [2.24, 2.45) is 0 Å². The zero-order chi connectivity index (χ0) is 29.7. The maximum Gasteiger partial charge on any atom is 0.0629 e. The molecule has 0 fully saturated rings. The Hall–Kier alpha value is -5.20. The lowest BCUT2D eigenvalue weighted by Crippen LogP contribution is -1.88. The van der Waals surface area contributed by atoms with Gasteiger partial charge in [0, 0.05) is 0 Å². The molecule has 9 rings (SSSR count). The standard InChI is InChI=1S/C40H24/c1-2-7-31-23-37-32(22-30(31)6-1)21-20-28-9-4-12-34(39(28)37)25-14-16-26(17-15-25)36-24-33-11-3-8-27-18-19-29-10-5-13-35(36)40(29)38(27)33/h1-24H/i14D,15D,16D,17D. The van der Waals surface area contributed by atoms with E-state index in [1.807, 2.05) is 54.6 Å². The average molecular weight is 509 g/mol. The van der Waals surface area contributed by atoms with E-state index in [1.54, 1.807) is 0 Å². The Bertz CT molecular complexity index is 2620. The lowest BCUT2D eigenvalue weighted by molar-refractivity contribution is 1.64. The third-order valence-electron chi connectivity index (χ3n) is 8.40. The van der Waals surface area contributed by atoms with E-state index in [0.717, 1.165) is 70.2 Å². The zero-order valence-corrected chi connectivity index (χ0v) is 21.5. The number of hydrogen-bond donors (Lipinski definition) is 0. The molecule has 0 amide bonds. The van der Waals surface area contributed by atoms with E-state index in [1.165, 1.54) is 0 Å². The van der Waals surface area contributed by atoms with Gasteiger partial charge in [0.25, 0.3) is 0 Å². The molecule has 0 aromatic heterocycles. The lowest BCUT2D eigenvalue weighted by atomic mass is 9.88. The molecular formula is C40H24. The van der Waals surface area contributed by atoms with Crippen molar-refractivity contribution in [3.05, 3.63) is 145 Å². The molecule has 0 nitrogen and oxygen atoms in total. The number of rotatable bonds is 2. The minimum absolute atomic E-state index is 0.0292. The van der Waals surface area contributed by atoms with Crippen molar-refractivity contribution in [1.82, 2.24) is 0 Å². The smallest absolute Gasteiger partial charge is 0.0616 e. The number of fused-ring (bicyclic) bond motifs is 4. The molecule has 0 saturated carbocycles. The fraction of sp³-hybridized carbons (Fsp3) is 0. The van der Waals surface area contributed by atoms with Crippen LogP contribution in [0, 0.1) is 0 Å². The molecule has 0 heteroatoms. The Morgan fingerprint density at radius 2 is 0.875 bits per heavy atom. The summed E-state index contributed by atoms with van der Waals surface area (Å²) in [6, 6.07) is 41.2. The molecule has 0 aliphatic heterocycles. The fourth-order valence-electron chi connectivity index (χ4n) is 6.56. The number of benzene rings is 9. The van der Waals surface area contributed by atoms with Crippen LogP contribution in [0.2, 0.25) is 0 Å². The summed E-state index contributed by atoms with van der Waals surface area (Å²) in [5, 5.41) is 12.7. The van der Waals surface area contributed by atoms with E-state index in [-0.39, 0.29) is 24.2 Å². The molecule has 0 heterocycles. The normalized spacial score (nSPS) is 13.4. The second-order valence-electron chi connectivity index (χ2n) is 10.6. The molecule has 0 radical (unpaired) electrons. The summed E-state index contributed by atoms with van der Waals surface area (Å²) in [4.78, 5) is 0. The molecule has 9 aromatic carbocycles. The van der Waals surface area contributed by atoms with Crippen LogP contribution in [0.3, 0.4) is 0 Å². The minimum Gasteiger partial charge on any atom is -0.0616 e. The average Bonchev–Trinajstić information content (AvgIpc) is 3.06. The maximum absolute atomic E-state index is 9.33. The maximum atomic E-state index is 9.33. The van der Waals surface area contributed by atoms with Gasteiger partial charge in [0.15, 0.2) is 0 Å². The molecule has 0 spiro atoms. The second kappa shape index (κ2) is 8.15. The van der Waals surface area contributed by atoms with Gasteiger partial charge in [-0.15, -0.1) is 0 Å². The zero-order valence-electron chi connectivity index (χ0n) is 25.5. The third-order valence-corrected chi connectivity index (χ3v) is 8.40. The van der Waals surface area contributed by atoms with Crippen molar-refractivity contribution in [2.75, 3.05) is 0 Å². The summed E-state index contributed by atoms with van der Waals surface area (Å²) in [5.41, 5.74) is 2.09. The highest BCUT2D eigenvalue weighted by molar-refractivity contribution is 6.26. The molecule has 0 aliphatic rings. The predicted molar refractivity (Wildman–Crippen MR) is 174 cm³/mol. The molecule has 0 saturated heterocycles. The van der Waals surface area contributed by atoms with Gasteiger partial charge in [-0.1, -0.05) is 127 Å². The van der Waals surface area contributed by atoms with Crippen LogP contribution in [0.4, 0.5) is 0 Å². The van der Waals surface area contributed by atoms with Crippen LogP contribution in [0.1, 0.15) is 5.48 Å². The largest absolute Gasteiger partial charge is 0.0629 e. The molecule has 0 atom stereocenters. The van der Waals surface area contributed by atoms with Crippen LogP contribution in [-0.2, 0) is 0 Å². The van der Waals surface area contributed by atoms with Gasteiger partial charge in [-0.05, 0) is 105 Å². The Kier molecular flexibility index (Phi) is 3.70. The molecule has 0 N–H and O–H groups in total. The first-order valence-corrected chi connectivity index (χ1v) is 13.6. The van der Waals surface area contributed by atoms with E-state index in [0.29, 0.717) is 16.7 Å². The van der Waals surface area contributed by atoms with Crippen LogP contribution in [-0.4, -0.2) is 0 Å².